The van der Waals surface area contributed by atoms with Gasteiger partial charge in [0.15, 0.2) is 0 Å². The molecule has 0 radical (unpaired) electrons. The number of benzene rings is 2. The van der Waals surface area contributed by atoms with Crippen molar-refractivity contribution in [2.75, 3.05) is 16.8 Å². The topological polar surface area (TPSA) is 219 Å². The molecule has 6 rings (SSSR count). The van der Waals surface area contributed by atoms with E-state index in [-0.39, 0.29) is 35.5 Å². The first kappa shape index (κ1) is 49.1. The van der Waals surface area contributed by atoms with Crippen LogP contribution in [0.3, 0.4) is 0 Å². The second-order valence-corrected chi connectivity index (χ2v) is 18.2. The predicted octanol–water partition coefficient (Wildman–Crippen LogP) is 6.29. The quantitative estimate of drug-likeness (QED) is 0.102. The van der Waals surface area contributed by atoms with Crippen molar-refractivity contribution in [3.63, 3.8) is 0 Å². The Morgan fingerprint density at radius 3 is 1.77 bits per heavy atom. The van der Waals surface area contributed by atoms with Crippen LogP contribution >= 0.6 is 0 Å². The second kappa shape index (κ2) is 22.6. The van der Waals surface area contributed by atoms with Gasteiger partial charge >= 0.3 is 0 Å². The maximum atomic E-state index is 13.7. The maximum Gasteiger partial charge on any atom is 0.272 e. The molecule has 0 aromatic heterocycles. The third kappa shape index (κ3) is 11.8. The molecule has 2 aliphatic carbocycles. The highest BCUT2D eigenvalue weighted by Crippen LogP contribution is 2.35. The van der Waals surface area contributed by atoms with Gasteiger partial charge in [0.05, 0.1) is 35.0 Å². The van der Waals surface area contributed by atoms with E-state index < -0.39 is 47.8 Å². The number of unbranched alkanes of at least 4 members (excludes halogenated alkanes) is 1. The highest BCUT2D eigenvalue weighted by atomic mass is 16.2. The maximum absolute atomic E-state index is 13.7. The number of carbonyl (C=O) groups excluding carboxylic acids is 6. The van der Waals surface area contributed by atoms with Gasteiger partial charge in [-0.1, -0.05) is 77.5 Å². The van der Waals surface area contributed by atoms with Crippen LogP contribution in [0.25, 0.3) is 0 Å². The summed E-state index contributed by atoms with van der Waals surface area (Å²) in [5.74, 6) is -4.77. The molecular formula is C50H68N8O6. The lowest BCUT2D eigenvalue weighted by molar-refractivity contribution is -0.135. The minimum atomic E-state index is -1.04. The van der Waals surface area contributed by atoms with Crippen molar-refractivity contribution in [3.8, 4) is 0 Å². The highest BCUT2D eigenvalue weighted by Gasteiger charge is 2.39. The smallest absolute Gasteiger partial charge is 0.272 e. The van der Waals surface area contributed by atoms with Gasteiger partial charge in [-0.2, -0.15) is 0 Å². The zero-order valence-electron chi connectivity index (χ0n) is 38.3. The van der Waals surface area contributed by atoms with Gasteiger partial charge in [-0.3, -0.25) is 38.8 Å². The Morgan fingerprint density at radius 1 is 0.750 bits per heavy atom. The molecule has 2 aliphatic heterocycles. The average molecular weight is 877 g/mol. The van der Waals surface area contributed by atoms with Gasteiger partial charge in [0.25, 0.3) is 11.8 Å². The Morgan fingerprint density at radius 2 is 1.25 bits per heavy atom. The van der Waals surface area contributed by atoms with Gasteiger partial charge in [0, 0.05) is 29.1 Å². The van der Waals surface area contributed by atoms with E-state index in [0.717, 1.165) is 90.9 Å². The van der Waals surface area contributed by atoms with E-state index >= 15 is 0 Å². The number of allylic oxidation sites excluding steroid dienone is 2. The van der Waals surface area contributed by atoms with E-state index in [0.29, 0.717) is 32.2 Å². The molecule has 4 aliphatic rings. The van der Waals surface area contributed by atoms with Crippen molar-refractivity contribution >= 4 is 58.2 Å². The molecule has 64 heavy (non-hydrogen) atoms. The number of hydrogen-bond acceptors (Lipinski definition) is 8. The van der Waals surface area contributed by atoms with Crippen LogP contribution in [0.4, 0.5) is 11.4 Å². The second-order valence-electron chi connectivity index (χ2n) is 18.2. The van der Waals surface area contributed by atoms with Gasteiger partial charge in [0.1, 0.15) is 0 Å². The molecule has 0 saturated carbocycles. The number of primary amides is 2. The molecule has 0 bridgehead atoms. The third-order valence-corrected chi connectivity index (χ3v) is 12.4. The number of anilines is 2. The number of nitrogens with one attached hydrogen (secondary N) is 3. The summed E-state index contributed by atoms with van der Waals surface area (Å²) >= 11 is 0. The Kier molecular flexibility index (Phi) is 17.4. The summed E-state index contributed by atoms with van der Waals surface area (Å²) in [6.07, 6.45) is 9.82. The number of amides is 6. The molecule has 6 amide bonds. The average Bonchev–Trinajstić information content (AvgIpc) is 3.45. The summed E-state index contributed by atoms with van der Waals surface area (Å²) in [4.78, 5) is 88.6. The zero-order chi connectivity index (χ0) is 46.7. The molecule has 344 valence electrons. The highest BCUT2D eigenvalue weighted by molar-refractivity contribution is 6.15. The van der Waals surface area contributed by atoms with Crippen molar-refractivity contribution in [1.29, 1.82) is 0 Å². The fourth-order valence-corrected chi connectivity index (χ4v) is 9.36. The Hall–Kier alpha value is -5.92. The number of aryl methyl sites for hydroxylation is 2. The fraction of sp³-hybridized carbons (Fsp3) is 0.520. The van der Waals surface area contributed by atoms with Crippen molar-refractivity contribution in [3.05, 3.63) is 84.0 Å². The van der Waals surface area contributed by atoms with Crippen molar-refractivity contribution < 1.29 is 28.8 Å². The normalized spacial score (nSPS) is 19.3. The number of carbonyl (C=O) groups is 6. The first-order chi connectivity index (χ1) is 30.6. The molecular weight excluding hydrogens is 809 g/mol. The van der Waals surface area contributed by atoms with Gasteiger partial charge in [-0.05, 0) is 106 Å². The summed E-state index contributed by atoms with van der Waals surface area (Å²) in [5.41, 5.74) is 18.9. The zero-order valence-corrected chi connectivity index (χ0v) is 38.3. The largest absolute Gasteiger partial charge is 0.369 e. The minimum absolute atomic E-state index is 0.171. The number of nitrogens with zero attached hydrogens (tertiary/aromatic N) is 3. The van der Waals surface area contributed by atoms with Crippen molar-refractivity contribution in [2.24, 2.45) is 57.0 Å². The molecule has 2 aromatic rings. The fourth-order valence-electron chi connectivity index (χ4n) is 9.36. The van der Waals surface area contributed by atoms with E-state index in [1.807, 2.05) is 58.0 Å². The van der Waals surface area contributed by atoms with E-state index in [1.54, 1.807) is 17.1 Å². The number of nitrogens with two attached hydrogens (primary N) is 2. The molecule has 14 nitrogen and oxygen atoms in total. The van der Waals surface area contributed by atoms with Gasteiger partial charge in [-0.15, -0.1) is 13.2 Å². The lowest BCUT2D eigenvalue weighted by atomic mass is 9.82. The number of aliphatic imine (C=N–C) groups is 2. The molecule has 2 unspecified atom stereocenters. The van der Waals surface area contributed by atoms with E-state index in [9.17, 15) is 28.8 Å². The SMILES string of the molecule is C=CC[C@H](C(N)=O)[C@@H](CC(C)C)C(=O)NC1N=C2CCCc3cccc(c32)N(CCCC)C1=O.C=CC[C@H](C(N)=O)[C@@H](CC(C)C)C(=O)NC1N=C2CCCc3cccc(c32)NC1=O. The molecule has 2 aromatic carbocycles. The first-order valence-electron chi connectivity index (χ1n) is 23.0. The van der Waals surface area contributed by atoms with Crippen LogP contribution in [0, 0.1) is 35.5 Å². The first-order valence-corrected chi connectivity index (χ1v) is 23.0. The van der Waals surface area contributed by atoms with Crippen LogP contribution in [-0.4, -0.2) is 65.7 Å². The van der Waals surface area contributed by atoms with E-state index in [4.69, 9.17) is 16.5 Å². The minimum Gasteiger partial charge on any atom is -0.369 e. The molecule has 7 N–H and O–H groups in total. The monoisotopic (exact) mass is 877 g/mol. The van der Waals surface area contributed by atoms with Crippen LogP contribution in [-0.2, 0) is 41.6 Å². The molecule has 2 heterocycles. The molecule has 0 spiro atoms. The van der Waals surface area contributed by atoms with Gasteiger partial charge in [-0.25, -0.2) is 0 Å². The summed E-state index contributed by atoms with van der Waals surface area (Å²) < 4.78 is 0. The van der Waals surface area contributed by atoms with E-state index in [1.165, 1.54) is 5.56 Å². The Labute approximate surface area is 378 Å². The van der Waals surface area contributed by atoms with E-state index in [2.05, 4.69) is 47.1 Å². The van der Waals surface area contributed by atoms with Crippen LogP contribution in [0.5, 0.6) is 0 Å². The van der Waals surface area contributed by atoms with Crippen LogP contribution < -0.4 is 32.3 Å². The van der Waals surface area contributed by atoms with Crippen molar-refractivity contribution in [1.82, 2.24) is 10.6 Å². The summed E-state index contributed by atoms with van der Waals surface area (Å²) in [6.45, 7) is 18.0. The van der Waals surface area contributed by atoms with Crippen LogP contribution in [0.1, 0.15) is 121 Å². The Balaban J connectivity index is 0.000000243. The third-order valence-electron chi connectivity index (χ3n) is 12.4. The molecule has 6 atom stereocenters. The molecule has 0 saturated heterocycles. The summed E-state index contributed by atoms with van der Waals surface area (Å²) in [7, 11) is 0. The molecule has 14 heteroatoms. The van der Waals surface area contributed by atoms with Crippen LogP contribution in [0.2, 0.25) is 0 Å². The summed E-state index contributed by atoms with van der Waals surface area (Å²) in [5, 5.41) is 8.56. The predicted molar refractivity (Wildman–Crippen MR) is 252 cm³/mol. The Bertz CT molecular complexity index is 2160. The van der Waals surface area contributed by atoms with Gasteiger partial charge < -0.3 is 32.3 Å². The summed E-state index contributed by atoms with van der Waals surface area (Å²) in [6, 6.07) is 11.9. The lowest BCUT2D eigenvalue weighted by Crippen LogP contribution is -2.51. The van der Waals surface area contributed by atoms with Gasteiger partial charge in [0.2, 0.25) is 36.0 Å². The van der Waals surface area contributed by atoms with Crippen LogP contribution in [0.15, 0.2) is 71.7 Å². The van der Waals surface area contributed by atoms with Crippen molar-refractivity contribution in [2.45, 2.75) is 124 Å². The number of rotatable bonds is 19. The standard InChI is InChI=1S/C27H38N4O3.C23H30N4O3/c1-5-7-15-31-22-14-9-12-18-11-8-13-21(23(18)22)29-25(27(31)34)30-26(33)20(16-17(3)4)19(10-6-2)24(28)32;1-4-7-15(20(24)28)16(12-13(2)3)22(29)27-21-23(30)26-18-11-6-9-14-8-5-10-17(25-21)19(14)18/h6,9,12,14,17,19-20,25H,2,5,7-8,10-11,13,15-16H2,1,3-4H3,(H2,28,32)(H,30,33);4,6,9,11,13,15-16,21H,1,5,7-8,10,12H2,2-3H3,(H2,24,28)(H,26,30)(H,27,29)/t19-,20+,25?;15-,16+,21?/m00/s1. The molecule has 0 fully saturated rings. The lowest BCUT2D eigenvalue weighted by Gasteiger charge is -2.29. The number of hydrogen-bond donors (Lipinski definition) is 5.